The highest BCUT2D eigenvalue weighted by molar-refractivity contribution is 6.17. The van der Waals surface area contributed by atoms with Gasteiger partial charge >= 0.3 is 6.18 Å². The summed E-state index contributed by atoms with van der Waals surface area (Å²) in [5.41, 5.74) is 0.616. The van der Waals surface area contributed by atoms with Crippen LogP contribution in [0.1, 0.15) is 18.9 Å². The van der Waals surface area contributed by atoms with Crippen molar-refractivity contribution >= 4 is 11.6 Å². The fourth-order valence-electron chi connectivity index (χ4n) is 1.37. The van der Waals surface area contributed by atoms with Gasteiger partial charge in [-0.05, 0) is 13.0 Å². The number of halogens is 4. The maximum Gasteiger partial charge on any atom is 0.392 e. The largest absolute Gasteiger partial charge is 0.490 e. The molecule has 0 saturated carbocycles. The second-order valence-corrected chi connectivity index (χ2v) is 3.79. The Balaban J connectivity index is 2.77. The second kappa shape index (κ2) is 6.73. The summed E-state index contributed by atoms with van der Waals surface area (Å²) in [6.45, 7) is 1.74. The van der Waals surface area contributed by atoms with Crippen LogP contribution in [0.4, 0.5) is 13.2 Å². The van der Waals surface area contributed by atoms with E-state index in [1.807, 2.05) is 0 Å². The summed E-state index contributed by atoms with van der Waals surface area (Å²) in [4.78, 5) is 0. The van der Waals surface area contributed by atoms with Crippen LogP contribution in [0.25, 0.3) is 0 Å². The molecule has 1 aromatic carbocycles. The van der Waals surface area contributed by atoms with Gasteiger partial charge in [-0.25, -0.2) is 0 Å². The third-order valence-electron chi connectivity index (χ3n) is 2.14. The summed E-state index contributed by atoms with van der Waals surface area (Å²) in [6.07, 6.45) is -5.24. The molecular formula is C12H14ClF3O2. The lowest BCUT2D eigenvalue weighted by atomic mass is 10.2. The molecule has 1 aromatic rings. The van der Waals surface area contributed by atoms with Crippen molar-refractivity contribution in [2.24, 2.45) is 0 Å². The number of para-hydroxylation sites is 1. The van der Waals surface area contributed by atoms with E-state index in [0.29, 0.717) is 23.7 Å². The molecule has 6 heteroatoms. The molecule has 0 aromatic heterocycles. The topological polar surface area (TPSA) is 18.5 Å². The first-order valence-electron chi connectivity index (χ1n) is 5.48. The summed E-state index contributed by atoms with van der Waals surface area (Å²) < 4.78 is 46.6. The molecule has 0 atom stereocenters. The van der Waals surface area contributed by atoms with Crippen LogP contribution in [0.3, 0.4) is 0 Å². The van der Waals surface area contributed by atoms with Crippen molar-refractivity contribution in [3.63, 3.8) is 0 Å². The first-order chi connectivity index (χ1) is 8.48. The highest BCUT2D eigenvalue weighted by Gasteiger charge is 2.27. The predicted molar refractivity (Wildman–Crippen MR) is 63.3 cm³/mol. The van der Waals surface area contributed by atoms with Gasteiger partial charge in [0.05, 0.1) is 25.5 Å². The third-order valence-corrected chi connectivity index (χ3v) is 2.42. The molecule has 0 aliphatic carbocycles. The summed E-state index contributed by atoms with van der Waals surface area (Å²) in [5.74, 6) is 0.860. The molecule has 0 heterocycles. The Bertz CT molecular complexity index is 380. The molecule has 0 amide bonds. The van der Waals surface area contributed by atoms with E-state index in [0.717, 1.165) is 0 Å². The molecule has 1 rings (SSSR count). The van der Waals surface area contributed by atoms with Crippen molar-refractivity contribution in [3.8, 4) is 11.5 Å². The van der Waals surface area contributed by atoms with E-state index < -0.39 is 19.2 Å². The molecule has 0 N–H and O–H groups in total. The molecule has 0 aliphatic rings. The molecule has 2 nitrogen and oxygen atoms in total. The number of ether oxygens (including phenoxy) is 2. The van der Waals surface area contributed by atoms with Crippen LogP contribution in [0.5, 0.6) is 11.5 Å². The Morgan fingerprint density at radius 1 is 1.22 bits per heavy atom. The molecule has 0 radical (unpaired) electrons. The first-order valence-corrected chi connectivity index (χ1v) is 6.01. The van der Waals surface area contributed by atoms with Crippen LogP contribution < -0.4 is 9.47 Å². The summed E-state index contributed by atoms with van der Waals surface area (Å²) in [5, 5.41) is 0. The van der Waals surface area contributed by atoms with Crippen LogP contribution in [0, 0.1) is 0 Å². The van der Waals surface area contributed by atoms with Gasteiger partial charge in [0.25, 0.3) is 0 Å². The molecule has 18 heavy (non-hydrogen) atoms. The van der Waals surface area contributed by atoms with Gasteiger partial charge in [-0.2, -0.15) is 13.2 Å². The Labute approximate surface area is 109 Å². The van der Waals surface area contributed by atoms with E-state index in [9.17, 15) is 13.2 Å². The Morgan fingerprint density at radius 2 is 1.94 bits per heavy atom. The summed E-state index contributed by atoms with van der Waals surface area (Å²) in [6, 6.07) is 5.06. The van der Waals surface area contributed by atoms with Crippen molar-refractivity contribution in [2.75, 3.05) is 13.2 Å². The van der Waals surface area contributed by atoms with Gasteiger partial charge in [-0.1, -0.05) is 12.1 Å². The minimum Gasteiger partial charge on any atom is -0.490 e. The maximum atomic E-state index is 12.1. The van der Waals surface area contributed by atoms with Gasteiger partial charge < -0.3 is 9.47 Å². The van der Waals surface area contributed by atoms with E-state index in [2.05, 4.69) is 0 Å². The highest BCUT2D eigenvalue weighted by atomic mass is 35.5. The molecule has 0 fully saturated rings. The van der Waals surface area contributed by atoms with Gasteiger partial charge in [0.2, 0.25) is 0 Å². The lowest BCUT2D eigenvalue weighted by Crippen LogP contribution is -2.14. The minimum atomic E-state index is -4.23. The lowest BCUT2D eigenvalue weighted by molar-refractivity contribution is -0.139. The molecule has 0 aliphatic heterocycles. The fourth-order valence-corrected chi connectivity index (χ4v) is 1.58. The van der Waals surface area contributed by atoms with Crippen molar-refractivity contribution < 1.29 is 22.6 Å². The van der Waals surface area contributed by atoms with Gasteiger partial charge in [0.1, 0.15) is 0 Å². The van der Waals surface area contributed by atoms with E-state index in [-0.39, 0.29) is 5.88 Å². The van der Waals surface area contributed by atoms with Crippen molar-refractivity contribution in [1.82, 2.24) is 0 Å². The lowest BCUT2D eigenvalue weighted by Gasteiger charge is -2.15. The van der Waals surface area contributed by atoms with Crippen molar-refractivity contribution in [2.45, 2.75) is 25.4 Å². The number of hydrogen-bond acceptors (Lipinski definition) is 2. The third kappa shape index (κ3) is 4.64. The van der Waals surface area contributed by atoms with Crippen molar-refractivity contribution in [3.05, 3.63) is 23.8 Å². The van der Waals surface area contributed by atoms with E-state index in [1.165, 1.54) is 0 Å². The average molecular weight is 283 g/mol. The zero-order valence-electron chi connectivity index (χ0n) is 9.89. The van der Waals surface area contributed by atoms with Crippen LogP contribution in [-0.2, 0) is 5.88 Å². The van der Waals surface area contributed by atoms with Crippen molar-refractivity contribution in [1.29, 1.82) is 0 Å². The smallest absolute Gasteiger partial charge is 0.392 e. The minimum absolute atomic E-state index is 0.155. The summed E-state index contributed by atoms with van der Waals surface area (Å²) >= 11 is 5.72. The van der Waals surface area contributed by atoms with Crippen LogP contribution in [0.2, 0.25) is 0 Å². The maximum absolute atomic E-state index is 12.1. The van der Waals surface area contributed by atoms with Gasteiger partial charge in [-0.3, -0.25) is 0 Å². The second-order valence-electron chi connectivity index (χ2n) is 3.52. The zero-order valence-corrected chi connectivity index (χ0v) is 10.6. The molecule has 0 saturated heterocycles. The van der Waals surface area contributed by atoms with Gasteiger partial charge in [-0.15, -0.1) is 11.6 Å². The molecule has 0 unspecified atom stereocenters. The number of alkyl halides is 4. The van der Waals surface area contributed by atoms with Gasteiger partial charge in [0, 0.05) is 5.56 Å². The Morgan fingerprint density at radius 3 is 2.50 bits per heavy atom. The zero-order chi connectivity index (χ0) is 13.6. The average Bonchev–Trinajstić information content (AvgIpc) is 2.29. The van der Waals surface area contributed by atoms with E-state index in [4.69, 9.17) is 21.1 Å². The number of hydrogen-bond donors (Lipinski definition) is 0. The molecule has 0 spiro atoms. The molecule has 102 valence electrons. The standard InChI is InChI=1S/C12H14ClF3O2/c1-2-17-10-5-3-4-9(8-13)11(10)18-7-6-12(14,15)16/h3-5H,2,6-8H2,1H3. The van der Waals surface area contributed by atoms with Crippen LogP contribution in [-0.4, -0.2) is 19.4 Å². The fraction of sp³-hybridized carbons (Fsp3) is 0.500. The van der Waals surface area contributed by atoms with E-state index >= 15 is 0 Å². The quantitative estimate of drug-likeness (QED) is 0.730. The molecule has 0 bridgehead atoms. The normalized spacial score (nSPS) is 11.4. The predicted octanol–water partition coefficient (Wildman–Crippen LogP) is 4.16. The SMILES string of the molecule is CCOc1cccc(CCl)c1OCCC(F)(F)F. The van der Waals surface area contributed by atoms with E-state index in [1.54, 1.807) is 25.1 Å². The number of benzene rings is 1. The Hall–Kier alpha value is -1.10. The summed E-state index contributed by atoms with van der Waals surface area (Å²) in [7, 11) is 0. The van der Waals surface area contributed by atoms with Gasteiger partial charge in [0.15, 0.2) is 11.5 Å². The van der Waals surface area contributed by atoms with Crippen LogP contribution >= 0.6 is 11.6 Å². The Kier molecular flexibility index (Phi) is 5.59. The van der Waals surface area contributed by atoms with Crippen LogP contribution in [0.15, 0.2) is 18.2 Å². The molecular weight excluding hydrogens is 269 g/mol. The monoisotopic (exact) mass is 282 g/mol. The number of rotatable bonds is 6. The first kappa shape index (κ1) is 15.0. The highest BCUT2D eigenvalue weighted by Crippen LogP contribution is 2.33.